The van der Waals surface area contributed by atoms with E-state index in [1.807, 2.05) is 0 Å². The van der Waals surface area contributed by atoms with Crippen molar-refractivity contribution < 1.29 is 4.79 Å². The maximum atomic E-state index is 11.7. The minimum absolute atomic E-state index is 0.452. The van der Waals surface area contributed by atoms with Crippen molar-refractivity contribution in [2.45, 2.75) is 57.8 Å². The highest BCUT2D eigenvalue weighted by Gasteiger charge is 2.26. The first kappa shape index (κ1) is 9.23. The molecular weight excluding hydrogens is 160 g/mol. The zero-order valence-electron chi connectivity index (χ0n) is 8.43. The zero-order chi connectivity index (χ0) is 9.10. The van der Waals surface area contributed by atoms with Crippen LogP contribution in [0.3, 0.4) is 0 Å². The maximum Gasteiger partial charge on any atom is 0.135 e. The molecule has 0 spiro atoms. The maximum absolute atomic E-state index is 11.7. The molecule has 2 fully saturated rings. The summed E-state index contributed by atoms with van der Waals surface area (Å²) in [5.41, 5.74) is 0. The van der Waals surface area contributed by atoms with E-state index in [1.165, 1.54) is 44.9 Å². The average Bonchev–Trinajstić information content (AvgIpc) is 2.23. The zero-order valence-corrected chi connectivity index (χ0v) is 8.43. The van der Waals surface area contributed by atoms with Crippen LogP contribution < -0.4 is 0 Å². The van der Waals surface area contributed by atoms with Crippen molar-refractivity contribution >= 4 is 5.78 Å². The van der Waals surface area contributed by atoms with Crippen LogP contribution in [0.25, 0.3) is 0 Å². The third kappa shape index (κ3) is 2.32. The summed E-state index contributed by atoms with van der Waals surface area (Å²) in [4.78, 5) is 11.7. The number of carbonyl (C=O) groups excluding carboxylic acids is 1. The van der Waals surface area contributed by atoms with Gasteiger partial charge in [-0.2, -0.15) is 0 Å². The molecule has 1 heteroatoms. The van der Waals surface area contributed by atoms with Crippen molar-refractivity contribution in [1.29, 1.82) is 0 Å². The number of hydrogen-bond acceptors (Lipinski definition) is 1. The van der Waals surface area contributed by atoms with Crippen LogP contribution in [-0.2, 0) is 4.79 Å². The third-order valence-corrected chi connectivity index (χ3v) is 3.77. The van der Waals surface area contributed by atoms with Gasteiger partial charge in [-0.25, -0.2) is 0 Å². The van der Waals surface area contributed by atoms with Crippen LogP contribution in [-0.4, -0.2) is 5.78 Å². The van der Waals surface area contributed by atoms with Gasteiger partial charge in [-0.1, -0.05) is 32.1 Å². The predicted octanol–water partition coefficient (Wildman–Crippen LogP) is 3.33. The number of ketones is 1. The molecule has 0 radical (unpaired) electrons. The van der Waals surface area contributed by atoms with E-state index >= 15 is 0 Å². The van der Waals surface area contributed by atoms with Gasteiger partial charge in [-0.3, -0.25) is 4.79 Å². The van der Waals surface area contributed by atoms with Crippen molar-refractivity contribution in [1.82, 2.24) is 0 Å². The molecule has 1 unspecified atom stereocenters. The lowest BCUT2D eigenvalue weighted by atomic mass is 9.77. The SMILES string of the molecule is O=C1CCCCCC1CC1CCC1. The lowest BCUT2D eigenvalue weighted by molar-refractivity contribution is -0.123. The van der Waals surface area contributed by atoms with Crippen LogP contribution in [0.15, 0.2) is 0 Å². The van der Waals surface area contributed by atoms with Gasteiger partial charge < -0.3 is 0 Å². The predicted molar refractivity (Wildman–Crippen MR) is 53.5 cm³/mol. The van der Waals surface area contributed by atoms with Gasteiger partial charge in [0.2, 0.25) is 0 Å². The first-order valence-electron chi connectivity index (χ1n) is 5.89. The quantitative estimate of drug-likeness (QED) is 0.596. The molecule has 0 aromatic heterocycles. The lowest BCUT2D eigenvalue weighted by Crippen LogP contribution is -2.21. The standard InChI is InChI=1S/C12H20O/c13-12-8-3-1-2-7-11(12)9-10-5-4-6-10/h10-11H,1-9H2. The highest BCUT2D eigenvalue weighted by molar-refractivity contribution is 5.81. The van der Waals surface area contributed by atoms with Gasteiger partial charge in [0, 0.05) is 12.3 Å². The largest absolute Gasteiger partial charge is 0.299 e. The summed E-state index contributed by atoms with van der Waals surface area (Å²) in [6.07, 6.45) is 11.2. The van der Waals surface area contributed by atoms with Crippen molar-refractivity contribution in [2.24, 2.45) is 11.8 Å². The Kier molecular flexibility index (Phi) is 3.02. The van der Waals surface area contributed by atoms with Gasteiger partial charge in [-0.05, 0) is 25.2 Å². The molecule has 0 N–H and O–H groups in total. The van der Waals surface area contributed by atoms with Crippen LogP contribution in [0.4, 0.5) is 0 Å². The summed E-state index contributed by atoms with van der Waals surface area (Å²) in [5, 5.41) is 0. The van der Waals surface area contributed by atoms with Crippen LogP contribution in [0.2, 0.25) is 0 Å². The molecule has 13 heavy (non-hydrogen) atoms. The fourth-order valence-corrected chi connectivity index (χ4v) is 2.61. The summed E-state index contributed by atoms with van der Waals surface area (Å²) in [5.74, 6) is 1.93. The Labute approximate surface area is 80.9 Å². The molecule has 1 nitrogen and oxygen atoms in total. The van der Waals surface area contributed by atoms with E-state index < -0.39 is 0 Å². The van der Waals surface area contributed by atoms with Crippen LogP contribution in [0.5, 0.6) is 0 Å². The van der Waals surface area contributed by atoms with Gasteiger partial charge in [0.15, 0.2) is 0 Å². The summed E-state index contributed by atoms with van der Waals surface area (Å²) in [7, 11) is 0. The number of rotatable bonds is 2. The molecule has 0 amide bonds. The molecular formula is C12H20O. The van der Waals surface area contributed by atoms with Crippen LogP contribution in [0, 0.1) is 11.8 Å². The van der Waals surface area contributed by atoms with E-state index in [1.54, 1.807) is 0 Å². The van der Waals surface area contributed by atoms with Crippen molar-refractivity contribution in [3.05, 3.63) is 0 Å². The minimum Gasteiger partial charge on any atom is -0.299 e. The van der Waals surface area contributed by atoms with Gasteiger partial charge in [-0.15, -0.1) is 0 Å². The van der Waals surface area contributed by atoms with E-state index in [0.29, 0.717) is 11.7 Å². The summed E-state index contributed by atoms with van der Waals surface area (Å²) < 4.78 is 0. The normalized spacial score (nSPS) is 31.1. The van der Waals surface area contributed by atoms with Crippen LogP contribution in [0.1, 0.15) is 57.8 Å². The van der Waals surface area contributed by atoms with E-state index in [9.17, 15) is 4.79 Å². The van der Waals surface area contributed by atoms with Crippen molar-refractivity contribution in [2.75, 3.05) is 0 Å². The van der Waals surface area contributed by atoms with Gasteiger partial charge in [0.05, 0.1) is 0 Å². The topological polar surface area (TPSA) is 17.1 Å². The number of carbonyl (C=O) groups is 1. The molecule has 2 saturated carbocycles. The Balaban J connectivity index is 1.83. The fraction of sp³-hybridized carbons (Fsp3) is 0.917. The Morgan fingerprint density at radius 2 is 1.85 bits per heavy atom. The second kappa shape index (κ2) is 4.26. The molecule has 0 bridgehead atoms. The Morgan fingerprint density at radius 1 is 1.00 bits per heavy atom. The average molecular weight is 180 g/mol. The molecule has 74 valence electrons. The van der Waals surface area contributed by atoms with Gasteiger partial charge >= 0.3 is 0 Å². The van der Waals surface area contributed by atoms with Crippen LogP contribution >= 0.6 is 0 Å². The minimum atomic E-state index is 0.452. The molecule has 0 aromatic carbocycles. The molecule has 2 rings (SSSR count). The van der Waals surface area contributed by atoms with E-state index in [2.05, 4.69) is 0 Å². The monoisotopic (exact) mass is 180 g/mol. The molecule has 1 atom stereocenters. The van der Waals surface area contributed by atoms with Crippen molar-refractivity contribution in [3.8, 4) is 0 Å². The number of hydrogen-bond donors (Lipinski definition) is 0. The molecule has 2 aliphatic carbocycles. The first-order valence-corrected chi connectivity index (χ1v) is 5.89. The molecule has 0 aromatic rings. The third-order valence-electron chi connectivity index (χ3n) is 3.77. The molecule has 0 heterocycles. The van der Waals surface area contributed by atoms with E-state index in [-0.39, 0.29) is 0 Å². The Bertz CT molecular complexity index is 182. The van der Waals surface area contributed by atoms with Gasteiger partial charge in [0.1, 0.15) is 5.78 Å². The lowest BCUT2D eigenvalue weighted by Gasteiger charge is -2.28. The highest BCUT2D eigenvalue weighted by Crippen LogP contribution is 2.35. The first-order chi connectivity index (χ1) is 6.36. The Morgan fingerprint density at radius 3 is 2.54 bits per heavy atom. The highest BCUT2D eigenvalue weighted by atomic mass is 16.1. The summed E-state index contributed by atoms with van der Waals surface area (Å²) in [6, 6.07) is 0. The van der Waals surface area contributed by atoms with Gasteiger partial charge in [0.25, 0.3) is 0 Å². The summed E-state index contributed by atoms with van der Waals surface area (Å²) >= 11 is 0. The van der Waals surface area contributed by atoms with Crippen molar-refractivity contribution in [3.63, 3.8) is 0 Å². The van der Waals surface area contributed by atoms with E-state index in [4.69, 9.17) is 0 Å². The summed E-state index contributed by atoms with van der Waals surface area (Å²) in [6.45, 7) is 0. The molecule has 0 saturated heterocycles. The molecule has 2 aliphatic rings. The Hall–Kier alpha value is -0.330. The second-order valence-corrected chi connectivity index (χ2v) is 4.80. The number of Topliss-reactive ketones (excluding diaryl/α,β-unsaturated/α-hetero) is 1. The fourth-order valence-electron chi connectivity index (χ4n) is 2.61. The molecule has 0 aliphatic heterocycles. The second-order valence-electron chi connectivity index (χ2n) is 4.80. The van der Waals surface area contributed by atoms with E-state index in [0.717, 1.165) is 18.8 Å². The smallest absolute Gasteiger partial charge is 0.135 e.